The van der Waals surface area contributed by atoms with Gasteiger partial charge >= 0.3 is 0 Å². The molecule has 2 heterocycles. The molecule has 0 radical (unpaired) electrons. The molecule has 0 unspecified atom stereocenters. The van der Waals surface area contributed by atoms with Crippen LogP contribution in [0.5, 0.6) is 5.75 Å². The van der Waals surface area contributed by atoms with Gasteiger partial charge in [-0.15, -0.1) is 6.58 Å². The lowest BCUT2D eigenvalue weighted by molar-refractivity contribution is -0.127. The maximum atomic E-state index is 12.4. The summed E-state index contributed by atoms with van der Waals surface area (Å²) in [6, 6.07) is 16.6. The van der Waals surface area contributed by atoms with Crippen molar-refractivity contribution in [1.82, 2.24) is 14.5 Å². The van der Waals surface area contributed by atoms with Crippen molar-refractivity contribution < 1.29 is 9.53 Å². The lowest BCUT2D eigenvalue weighted by Crippen LogP contribution is -2.25. The van der Waals surface area contributed by atoms with Crippen molar-refractivity contribution in [2.75, 3.05) is 19.7 Å². The van der Waals surface area contributed by atoms with Gasteiger partial charge in [-0.1, -0.05) is 37.3 Å². The third kappa shape index (κ3) is 4.82. The Morgan fingerprint density at radius 2 is 1.97 bits per heavy atom. The number of ether oxygens (including phenoxy) is 1. The minimum atomic E-state index is 0.133. The van der Waals surface area contributed by atoms with Crippen molar-refractivity contribution in [2.45, 2.75) is 45.1 Å². The topological polar surface area (TPSA) is 47.4 Å². The number of likely N-dealkylation sites (tertiary alicyclic amines) is 1. The molecule has 1 aliphatic heterocycles. The Labute approximate surface area is 184 Å². The van der Waals surface area contributed by atoms with Gasteiger partial charge in [0.25, 0.3) is 0 Å². The van der Waals surface area contributed by atoms with E-state index in [1.54, 1.807) is 6.08 Å². The molecule has 0 N–H and O–H groups in total. The summed E-state index contributed by atoms with van der Waals surface area (Å²) in [4.78, 5) is 19.2. The summed E-state index contributed by atoms with van der Waals surface area (Å²) in [6.45, 7) is 8.81. The molecule has 5 nitrogen and oxygen atoms in total. The Hall–Kier alpha value is -3.08. The van der Waals surface area contributed by atoms with E-state index in [2.05, 4.69) is 48.4 Å². The van der Waals surface area contributed by atoms with Gasteiger partial charge in [-0.25, -0.2) is 4.98 Å². The summed E-state index contributed by atoms with van der Waals surface area (Å²) < 4.78 is 8.22. The van der Waals surface area contributed by atoms with Crippen LogP contribution in [0.2, 0.25) is 0 Å². The number of amides is 1. The molecule has 0 bridgehead atoms. The number of imidazole rings is 1. The first-order valence-corrected chi connectivity index (χ1v) is 11.2. The van der Waals surface area contributed by atoms with Gasteiger partial charge in [0.2, 0.25) is 5.91 Å². The van der Waals surface area contributed by atoms with Gasteiger partial charge in [-0.2, -0.15) is 0 Å². The zero-order valence-electron chi connectivity index (χ0n) is 18.3. The number of nitrogens with zero attached hydrogens (tertiary/aromatic N) is 3. The monoisotopic (exact) mass is 417 g/mol. The van der Waals surface area contributed by atoms with Crippen LogP contribution in [0.25, 0.3) is 11.0 Å². The first kappa shape index (κ1) is 21.2. The third-order valence-corrected chi connectivity index (χ3v) is 5.99. The number of hydrogen-bond acceptors (Lipinski definition) is 3. The Morgan fingerprint density at radius 1 is 1.16 bits per heavy atom. The highest BCUT2D eigenvalue weighted by atomic mass is 16.5. The highest BCUT2D eigenvalue weighted by Crippen LogP contribution is 2.30. The minimum Gasteiger partial charge on any atom is -0.494 e. The highest BCUT2D eigenvalue weighted by molar-refractivity contribution is 5.81. The Morgan fingerprint density at radius 3 is 2.74 bits per heavy atom. The molecule has 2 aromatic carbocycles. The van der Waals surface area contributed by atoms with Crippen LogP contribution in [0.3, 0.4) is 0 Å². The molecule has 1 aromatic heterocycles. The Kier molecular flexibility index (Phi) is 6.70. The average molecular weight is 418 g/mol. The molecule has 1 atom stereocenters. The minimum absolute atomic E-state index is 0.133. The molecular weight excluding hydrogens is 386 g/mol. The average Bonchev–Trinajstić information content (AvgIpc) is 3.34. The number of hydrogen-bond donors (Lipinski definition) is 0. The number of carbonyl (C=O) groups is 1. The van der Waals surface area contributed by atoms with Crippen LogP contribution in [0.15, 0.2) is 61.2 Å². The standard InChI is InChI=1S/C26H31N3O2/c1-3-15-28-19-21(18-25(28)30)26-27-23-9-5-6-10-24(23)29(26)16-7-8-17-31-22-13-11-20(4-2)12-14-22/h3,5-6,9-14,21H,1,4,7-8,15-19H2,2H3/t21-/m1/s1. The smallest absolute Gasteiger partial charge is 0.223 e. The van der Waals surface area contributed by atoms with Crippen molar-refractivity contribution in [1.29, 1.82) is 0 Å². The molecule has 0 aliphatic carbocycles. The van der Waals surface area contributed by atoms with Crippen molar-refractivity contribution in [3.63, 3.8) is 0 Å². The van der Waals surface area contributed by atoms with Gasteiger partial charge in [0.15, 0.2) is 0 Å². The van der Waals surface area contributed by atoms with E-state index in [0.717, 1.165) is 48.4 Å². The van der Waals surface area contributed by atoms with Crippen LogP contribution < -0.4 is 4.74 Å². The maximum Gasteiger partial charge on any atom is 0.223 e. The van der Waals surface area contributed by atoms with E-state index in [1.165, 1.54) is 5.56 Å². The number of para-hydroxylation sites is 2. The fourth-order valence-corrected chi connectivity index (χ4v) is 4.30. The third-order valence-electron chi connectivity index (χ3n) is 5.99. The van der Waals surface area contributed by atoms with E-state index in [1.807, 2.05) is 23.1 Å². The maximum absolute atomic E-state index is 12.4. The number of fused-ring (bicyclic) bond motifs is 1. The van der Waals surface area contributed by atoms with Crippen LogP contribution in [0, 0.1) is 0 Å². The molecule has 5 heteroatoms. The largest absolute Gasteiger partial charge is 0.494 e. The second-order valence-electron chi connectivity index (χ2n) is 8.15. The molecule has 0 spiro atoms. The van der Waals surface area contributed by atoms with Crippen LogP contribution >= 0.6 is 0 Å². The number of carbonyl (C=O) groups excluding carboxylic acids is 1. The van der Waals surface area contributed by atoms with Crippen LogP contribution in [0.1, 0.15) is 43.5 Å². The van der Waals surface area contributed by atoms with Crippen LogP contribution in [0.4, 0.5) is 0 Å². The lowest BCUT2D eigenvalue weighted by Gasteiger charge is -2.15. The second kappa shape index (κ2) is 9.82. The van der Waals surface area contributed by atoms with Crippen molar-refractivity contribution in [2.24, 2.45) is 0 Å². The number of benzene rings is 2. The zero-order chi connectivity index (χ0) is 21.6. The predicted molar refractivity (Wildman–Crippen MR) is 124 cm³/mol. The van der Waals surface area contributed by atoms with E-state index in [9.17, 15) is 4.79 Å². The molecule has 31 heavy (non-hydrogen) atoms. The molecule has 3 aromatic rings. The van der Waals surface area contributed by atoms with Gasteiger partial charge in [0, 0.05) is 32.0 Å². The normalized spacial score (nSPS) is 16.2. The molecule has 1 amide bonds. The van der Waals surface area contributed by atoms with Crippen molar-refractivity contribution in [3.05, 3.63) is 72.6 Å². The first-order chi connectivity index (χ1) is 15.2. The second-order valence-corrected chi connectivity index (χ2v) is 8.15. The molecule has 1 saturated heterocycles. The van der Waals surface area contributed by atoms with Gasteiger partial charge in [0.05, 0.1) is 17.6 Å². The van der Waals surface area contributed by atoms with E-state index < -0.39 is 0 Å². The molecule has 162 valence electrons. The molecular formula is C26H31N3O2. The Bertz CT molecular complexity index is 1040. The fraction of sp³-hybridized carbons (Fsp3) is 0.385. The summed E-state index contributed by atoms with van der Waals surface area (Å²) in [5.41, 5.74) is 3.46. The van der Waals surface area contributed by atoms with Crippen molar-refractivity contribution in [3.8, 4) is 5.75 Å². The number of aryl methyl sites for hydroxylation is 2. The van der Waals surface area contributed by atoms with E-state index >= 15 is 0 Å². The number of aromatic nitrogens is 2. The molecule has 4 rings (SSSR count). The summed E-state index contributed by atoms with van der Waals surface area (Å²) >= 11 is 0. The summed E-state index contributed by atoms with van der Waals surface area (Å²) in [5, 5.41) is 0. The van der Waals surface area contributed by atoms with Gasteiger partial charge in [-0.3, -0.25) is 4.79 Å². The summed E-state index contributed by atoms with van der Waals surface area (Å²) in [6.07, 6.45) is 5.32. The highest BCUT2D eigenvalue weighted by Gasteiger charge is 2.33. The SMILES string of the molecule is C=CCN1C[C@H](c2nc3ccccc3n2CCCCOc2ccc(CC)cc2)CC1=O. The van der Waals surface area contributed by atoms with Gasteiger partial charge in [-0.05, 0) is 49.1 Å². The first-order valence-electron chi connectivity index (χ1n) is 11.2. The van der Waals surface area contributed by atoms with Gasteiger partial charge in [0.1, 0.15) is 11.6 Å². The molecule has 1 fully saturated rings. The lowest BCUT2D eigenvalue weighted by atomic mass is 10.1. The summed E-state index contributed by atoms with van der Waals surface area (Å²) in [7, 11) is 0. The van der Waals surface area contributed by atoms with E-state index in [-0.39, 0.29) is 11.8 Å². The number of rotatable bonds is 10. The van der Waals surface area contributed by atoms with E-state index in [4.69, 9.17) is 9.72 Å². The predicted octanol–water partition coefficient (Wildman–Crippen LogP) is 4.96. The van der Waals surface area contributed by atoms with Crippen molar-refractivity contribution >= 4 is 16.9 Å². The quantitative estimate of drug-likeness (QED) is 0.346. The fourth-order valence-electron chi connectivity index (χ4n) is 4.30. The summed E-state index contributed by atoms with van der Waals surface area (Å²) in [5.74, 6) is 2.27. The zero-order valence-corrected chi connectivity index (χ0v) is 18.3. The van der Waals surface area contributed by atoms with Crippen LogP contribution in [-0.4, -0.2) is 40.1 Å². The van der Waals surface area contributed by atoms with Gasteiger partial charge < -0.3 is 14.2 Å². The molecule has 1 aliphatic rings. The van der Waals surface area contributed by atoms with E-state index in [0.29, 0.717) is 26.1 Å². The van der Waals surface area contributed by atoms with Crippen LogP contribution in [-0.2, 0) is 17.8 Å². The Balaban J connectivity index is 1.40. The molecule has 0 saturated carbocycles. The number of unbranched alkanes of at least 4 members (excludes halogenated alkanes) is 1.